The molecule has 0 amide bonds. The minimum Gasteiger partial charge on any atom is -0.369 e. The normalized spacial score (nSPS) is 23.2. The number of para-hydroxylation sites is 2. The molecule has 0 saturated carbocycles. The van der Waals surface area contributed by atoms with E-state index >= 15 is 0 Å². The number of likely N-dealkylation sites (N-methyl/N-ethyl adjacent to an activating group) is 1. The van der Waals surface area contributed by atoms with Crippen molar-refractivity contribution in [2.45, 2.75) is 64.7 Å². The summed E-state index contributed by atoms with van der Waals surface area (Å²) in [6.07, 6.45) is 13.0. The maximum absolute atomic E-state index is 5.04. The van der Waals surface area contributed by atoms with E-state index in [1.165, 1.54) is 45.8 Å². The maximum Gasteiger partial charge on any atom is 0.0674 e. The van der Waals surface area contributed by atoms with E-state index in [0.29, 0.717) is 0 Å². The van der Waals surface area contributed by atoms with Gasteiger partial charge >= 0.3 is 0 Å². The Labute approximate surface area is 264 Å². The number of benzene rings is 2. The Balaban J connectivity index is 0.00000337. The molecule has 1 N–H and O–H groups in total. The van der Waals surface area contributed by atoms with Gasteiger partial charge in [0.2, 0.25) is 0 Å². The number of rotatable bonds is 5. The first-order valence-electron chi connectivity index (χ1n) is 15.2. The van der Waals surface area contributed by atoms with Gasteiger partial charge < -0.3 is 15.1 Å². The number of hydrogen-bond acceptors (Lipinski definition) is 4. The first-order valence-corrected chi connectivity index (χ1v) is 15.2. The number of allylic oxidation sites excluding steroid dienone is 7. The standard InChI is InChI=1S/C36H44N4.HI/c1-6-40-31-17-10-8-15-29(31)36(4,5)33(40)21-19-27-13-11-12-26(34(27)39-24-22-37-23-25-39)18-20-32-35(2,3)28-14-7-9-16-30(28)38-32;/h7-10,14-21,37H,6,11-13,22-25H2,1-5H3;1H/b20-18+,27-19+,33-21+;. The van der Waals surface area contributed by atoms with Crippen molar-refractivity contribution in [2.24, 2.45) is 4.99 Å². The molecule has 0 bridgehead atoms. The van der Waals surface area contributed by atoms with Gasteiger partial charge in [-0.3, -0.25) is 4.99 Å². The van der Waals surface area contributed by atoms with Crippen LogP contribution in [0.25, 0.3) is 0 Å². The monoisotopic (exact) mass is 660 g/mol. The summed E-state index contributed by atoms with van der Waals surface area (Å²) >= 11 is 0. The Kier molecular flexibility index (Phi) is 8.68. The zero-order chi connectivity index (χ0) is 27.9. The fraction of sp³-hybridized carbons (Fsp3) is 0.417. The summed E-state index contributed by atoms with van der Waals surface area (Å²) in [5.74, 6) is 0. The summed E-state index contributed by atoms with van der Waals surface area (Å²) in [6, 6.07) is 17.5. The molecule has 41 heavy (non-hydrogen) atoms. The fourth-order valence-corrected chi connectivity index (χ4v) is 7.12. The number of nitrogens with one attached hydrogen (secondary N) is 1. The second-order valence-electron chi connectivity index (χ2n) is 12.6. The minimum atomic E-state index is -0.0761. The molecule has 0 unspecified atom stereocenters. The van der Waals surface area contributed by atoms with Crippen LogP contribution in [0, 0.1) is 0 Å². The van der Waals surface area contributed by atoms with Gasteiger partial charge in [0, 0.05) is 60.6 Å². The predicted octanol–water partition coefficient (Wildman–Crippen LogP) is 8.20. The van der Waals surface area contributed by atoms with Crippen LogP contribution in [-0.2, 0) is 10.8 Å². The Bertz CT molecular complexity index is 1450. The number of anilines is 1. The number of aliphatic imine (C=N–C) groups is 1. The van der Waals surface area contributed by atoms with E-state index in [1.807, 2.05) is 0 Å². The number of nitrogens with zero attached hydrogens (tertiary/aromatic N) is 3. The van der Waals surface area contributed by atoms with Crippen molar-refractivity contribution in [3.8, 4) is 0 Å². The highest BCUT2D eigenvalue weighted by Crippen LogP contribution is 2.47. The van der Waals surface area contributed by atoms with Crippen LogP contribution in [0.15, 0.2) is 100 Å². The smallest absolute Gasteiger partial charge is 0.0674 e. The van der Waals surface area contributed by atoms with E-state index < -0.39 is 0 Å². The van der Waals surface area contributed by atoms with E-state index in [-0.39, 0.29) is 34.8 Å². The Morgan fingerprint density at radius 2 is 1.56 bits per heavy atom. The van der Waals surface area contributed by atoms with E-state index in [2.05, 4.69) is 123 Å². The third kappa shape index (κ3) is 5.36. The summed E-state index contributed by atoms with van der Waals surface area (Å²) in [5, 5.41) is 3.55. The molecule has 1 fully saturated rings. The fourth-order valence-electron chi connectivity index (χ4n) is 7.12. The van der Waals surface area contributed by atoms with Crippen molar-refractivity contribution in [1.82, 2.24) is 10.2 Å². The van der Waals surface area contributed by atoms with E-state index in [1.54, 1.807) is 0 Å². The van der Waals surface area contributed by atoms with Gasteiger partial charge in [-0.1, -0.05) is 76.2 Å². The molecule has 216 valence electrons. The van der Waals surface area contributed by atoms with Crippen LogP contribution < -0.4 is 10.2 Å². The number of halogens is 1. The van der Waals surface area contributed by atoms with E-state index in [4.69, 9.17) is 4.99 Å². The van der Waals surface area contributed by atoms with E-state index in [9.17, 15) is 0 Å². The average molecular weight is 661 g/mol. The zero-order valence-electron chi connectivity index (χ0n) is 25.3. The van der Waals surface area contributed by atoms with Crippen LogP contribution in [0.5, 0.6) is 0 Å². The van der Waals surface area contributed by atoms with Crippen molar-refractivity contribution >= 4 is 41.1 Å². The molecular formula is C36H45IN4. The summed E-state index contributed by atoms with van der Waals surface area (Å²) in [5.41, 5.74) is 12.0. The second kappa shape index (κ2) is 11.9. The molecular weight excluding hydrogens is 615 g/mol. The molecule has 0 spiro atoms. The van der Waals surface area contributed by atoms with Crippen LogP contribution in [0.2, 0.25) is 0 Å². The third-order valence-electron chi connectivity index (χ3n) is 9.39. The molecule has 0 aromatic heterocycles. The lowest BCUT2D eigenvalue weighted by Crippen LogP contribution is -2.43. The Hall–Kier alpha value is -2.64. The number of hydrogen-bond donors (Lipinski definition) is 1. The van der Waals surface area contributed by atoms with Crippen molar-refractivity contribution in [1.29, 1.82) is 0 Å². The predicted molar refractivity (Wildman–Crippen MR) is 185 cm³/mol. The zero-order valence-corrected chi connectivity index (χ0v) is 27.7. The van der Waals surface area contributed by atoms with E-state index in [0.717, 1.165) is 57.0 Å². The van der Waals surface area contributed by atoms with Crippen molar-refractivity contribution in [3.05, 3.63) is 107 Å². The lowest BCUT2D eigenvalue weighted by molar-refractivity contribution is 0.297. The van der Waals surface area contributed by atoms with Gasteiger partial charge in [-0.15, -0.1) is 24.0 Å². The van der Waals surface area contributed by atoms with Gasteiger partial charge in [0.1, 0.15) is 0 Å². The van der Waals surface area contributed by atoms with Gasteiger partial charge in [0.05, 0.1) is 11.4 Å². The van der Waals surface area contributed by atoms with Crippen LogP contribution >= 0.6 is 24.0 Å². The highest BCUT2D eigenvalue weighted by atomic mass is 127. The average Bonchev–Trinajstić information content (AvgIpc) is 3.36. The van der Waals surface area contributed by atoms with Gasteiger partial charge in [0.15, 0.2) is 0 Å². The van der Waals surface area contributed by atoms with Gasteiger partial charge in [0.25, 0.3) is 0 Å². The lowest BCUT2D eigenvalue weighted by Gasteiger charge is -2.36. The maximum atomic E-state index is 5.04. The second-order valence-corrected chi connectivity index (χ2v) is 12.6. The molecule has 1 saturated heterocycles. The molecule has 5 heteroatoms. The molecule has 0 atom stereocenters. The van der Waals surface area contributed by atoms with Crippen LogP contribution in [-0.4, -0.2) is 43.3 Å². The highest BCUT2D eigenvalue weighted by Gasteiger charge is 2.39. The SMILES string of the molecule is CCN1/C(=C/C=C2\CCCC(/C=C/C3=Nc4ccccc4C3(C)C)=C2N2CCNCC2)C(C)(C)c2ccccc21.I. The molecule has 3 aliphatic heterocycles. The summed E-state index contributed by atoms with van der Waals surface area (Å²) in [7, 11) is 0. The van der Waals surface area contributed by atoms with Crippen LogP contribution in [0.1, 0.15) is 65.0 Å². The molecule has 2 aromatic rings. The first kappa shape index (κ1) is 29.8. The summed E-state index contributed by atoms with van der Waals surface area (Å²) in [4.78, 5) is 10.2. The largest absolute Gasteiger partial charge is 0.369 e. The topological polar surface area (TPSA) is 30.9 Å². The minimum absolute atomic E-state index is 0. The molecule has 3 heterocycles. The molecule has 1 aliphatic carbocycles. The molecule has 4 aliphatic rings. The summed E-state index contributed by atoms with van der Waals surface area (Å²) < 4.78 is 0. The Morgan fingerprint density at radius 3 is 2.29 bits per heavy atom. The quantitative estimate of drug-likeness (QED) is 0.328. The molecule has 6 rings (SSSR count). The van der Waals surface area contributed by atoms with Crippen LogP contribution in [0.4, 0.5) is 11.4 Å². The van der Waals surface area contributed by atoms with Gasteiger partial charge in [-0.05, 0) is 72.7 Å². The molecule has 2 aromatic carbocycles. The summed E-state index contributed by atoms with van der Waals surface area (Å²) in [6.45, 7) is 16.8. The Morgan fingerprint density at radius 1 is 0.854 bits per heavy atom. The molecule has 4 nitrogen and oxygen atoms in total. The van der Waals surface area contributed by atoms with Gasteiger partial charge in [-0.2, -0.15) is 0 Å². The number of piperazine rings is 1. The highest BCUT2D eigenvalue weighted by molar-refractivity contribution is 14.0. The first-order chi connectivity index (χ1) is 19.3. The van der Waals surface area contributed by atoms with Crippen molar-refractivity contribution in [3.63, 3.8) is 0 Å². The number of fused-ring (bicyclic) bond motifs is 2. The van der Waals surface area contributed by atoms with Crippen LogP contribution in [0.3, 0.4) is 0 Å². The molecule has 0 radical (unpaired) electrons. The van der Waals surface area contributed by atoms with Gasteiger partial charge in [-0.25, -0.2) is 0 Å². The third-order valence-corrected chi connectivity index (χ3v) is 9.39. The van der Waals surface area contributed by atoms with Crippen molar-refractivity contribution < 1.29 is 0 Å². The van der Waals surface area contributed by atoms with Crippen molar-refractivity contribution in [2.75, 3.05) is 37.6 Å². The lowest BCUT2D eigenvalue weighted by atomic mass is 9.81.